The zero-order chi connectivity index (χ0) is 13.4. The second-order valence-corrected chi connectivity index (χ2v) is 7.84. The first-order valence-electron chi connectivity index (χ1n) is 7.77. The lowest BCUT2D eigenvalue weighted by atomic mass is 9.59. The highest BCUT2D eigenvalue weighted by atomic mass is 16.3. The summed E-state index contributed by atoms with van der Waals surface area (Å²) in [7, 11) is 0. The van der Waals surface area contributed by atoms with Gasteiger partial charge >= 0.3 is 0 Å². The molecule has 0 heterocycles. The summed E-state index contributed by atoms with van der Waals surface area (Å²) in [5.41, 5.74) is 6.42. The van der Waals surface area contributed by atoms with Crippen molar-refractivity contribution in [2.45, 2.75) is 71.8 Å². The van der Waals surface area contributed by atoms with E-state index in [9.17, 15) is 5.11 Å². The van der Waals surface area contributed by atoms with Gasteiger partial charge in [0.25, 0.3) is 0 Å². The van der Waals surface area contributed by atoms with Gasteiger partial charge in [-0.3, -0.25) is 0 Å². The van der Waals surface area contributed by atoms with E-state index >= 15 is 0 Å². The summed E-state index contributed by atoms with van der Waals surface area (Å²) in [5.74, 6) is 1.34. The molecule has 0 aromatic heterocycles. The Kier molecular flexibility index (Phi) is 4.08. The zero-order valence-electron chi connectivity index (χ0n) is 12.4. The molecule has 2 aliphatic rings. The van der Waals surface area contributed by atoms with Crippen LogP contribution in [0.2, 0.25) is 0 Å². The van der Waals surface area contributed by atoms with Crippen LogP contribution in [0.1, 0.15) is 65.7 Å². The minimum absolute atomic E-state index is 0.0826. The minimum atomic E-state index is -0.142. The Morgan fingerprint density at radius 1 is 1.17 bits per heavy atom. The van der Waals surface area contributed by atoms with Crippen molar-refractivity contribution in [1.82, 2.24) is 0 Å². The molecule has 0 aromatic carbocycles. The predicted molar refractivity (Wildman–Crippen MR) is 76.2 cm³/mol. The highest BCUT2D eigenvalue weighted by Crippen LogP contribution is 2.49. The van der Waals surface area contributed by atoms with Gasteiger partial charge in [0.15, 0.2) is 0 Å². The lowest BCUT2D eigenvalue weighted by Gasteiger charge is -2.49. The molecule has 0 amide bonds. The molecule has 18 heavy (non-hydrogen) atoms. The SMILES string of the molecule is CC(C)(C)C1CCC(C(O)C2(CN)CCC2)CC1. The van der Waals surface area contributed by atoms with Crippen LogP contribution in [0, 0.1) is 22.7 Å². The lowest BCUT2D eigenvalue weighted by Crippen LogP contribution is -2.51. The minimum Gasteiger partial charge on any atom is -0.392 e. The largest absolute Gasteiger partial charge is 0.392 e. The average Bonchev–Trinajstić information content (AvgIpc) is 2.27. The monoisotopic (exact) mass is 253 g/mol. The summed E-state index contributed by atoms with van der Waals surface area (Å²) in [6.07, 6.45) is 8.37. The highest BCUT2D eigenvalue weighted by molar-refractivity contribution is 4.98. The molecule has 2 fully saturated rings. The Morgan fingerprint density at radius 2 is 1.72 bits per heavy atom. The van der Waals surface area contributed by atoms with Gasteiger partial charge in [0, 0.05) is 12.0 Å². The van der Waals surface area contributed by atoms with Gasteiger partial charge in [-0.2, -0.15) is 0 Å². The van der Waals surface area contributed by atoms with Gasteiger partial charge in [-0.25, -0.2) is 0 Å². The summed E-state index contributed by atoms with van der Waals surface area (Å²) >= 11 is 0. The third-order valence-corrected chi connectivity index (χ3v) is 5.83. The van der Waals surface area contributed by atoms with Crippen molar-refractivity contribution < 1.29 is 5.11 Å². The third-order valence-electron chi connectivity index (χ3n) is 5.83. The molecular formula is C16H31NO. The highest BCUT2D eigenvalue weighted by Gasteiger charge is 2.46. The van der Waals surface area contributed by atoms with Crippen LogP contribution in [-0.4, -0.2) is 17.8 Å². The molecule has 2 nitrogen and oxygen atoms in total. The fourth-order valence-electron chi connectivity index (χ4n) is 4.05. The van der Waals surface area contributed by atoms with E-state index in [1.54, 1.807) is 0 Å². The summed E-state index contributed by atoms with van der Waals surface area (Å²) < 4.78 is 0. The number of rotatable bonds is 3. The normalized spacial score (nSPS) is 33.8. The molecule has 1 atom stereocenters. The van der Waals surface area contributed by atoms with Crippen LogP contribution in [-0.2, 0) is 0 Å². The van der Waals surface area contributed by atoms with Gasteiger partial charge in [0.2, 0.25) is 0 Å². The van der Waals surface area contributed by atoms with Crippen molar-refractivity contribution in [3.63, 3.8) is 0 Å². The Bertz CT molecular complexity index is 264. The van der Waals surface area contributed by atoms with E-state index in [1.165, 1.54) is 32.1 Å². The van der Waals surface area contributed by atoms with Gasteiger partial charge in [-0.05, 0) is 55.8 Å². The molecule has 2 rings (SSSR count). The van der Waals surface area contributed by atoms with E-state index in [2.05, 4.69) is 20.8 Å². The van der Waals surface area contributed by atoms with Crippen molar-refractivity contribution >= 4 is 0 Å². The van der Waals surface area contributed by atoms with Crippen molar-refractivity contribution in [3.8, 4) is 0 Å². The summed E-state index contributed by atoms with van der Waals surface area (Å²) in [4.78, 5) is 0. The summed E-state index contributed by atoms with van der Waals surface area (Å²) in [6.45, 7) is 7.72. The molecule has 2 heteroatoms. The molecule has 0 saturated heterocycles. The van der Waals surface area contributed by atoms with Crippen molar-refractivity contribution in [2.75, 3.05) is 6.54 Å². The van der Waals surface area contributed by atoms with Gasteiger partial charge < -0.3 is 10.8 Å². The van der Waals surface area contributed by atoms with Crippen LogP contribution in [0.5, 0.6) is 0 Å². The predicted octanol–water partition coefficient (Wildman–Crippen LogP) is 3.33. The van der Waals surface area contributed by atoms with Crippen molar-refractivity contribution in [2.24, 2.45) is 28.4 Å². The molecule has 0 radical (unpaired) electrons. The number of hydrogen-bond acceptors (Lipinski definition) is 2. The standard InChI is InChI=1S/C16H31NO/c1-15(2,3)13-7-5-12(6-8-13)14(18)16(11-17)9-4-10-16/h12-14,18H,4-11,17H2,1-3H3. The van der Waals surface area contributed by atoms with Crippen molar-refractivity contribution in [3.05, 3.63) is 0 Å². The second-order valence-electron chi connectivity index (χ2n) is 7.84. The first-order chi connectivity index (χ1) is 8.39. The molecule has 0 aliphatic heterocycles. The molecule has 0 spiro atoms. The van der Waals surface area contributed by atoms with Crippen LogP contribution in [0.25, 0.3) is 0 Å². The smallest absolute Gasteiger partial charge is 0.0636 e. The molecule has 106 valence electrons. The van der Waals surface area contributed by atoms with Crippen LogP contribution >= 0.6 is 0 Å². The van der Waals surface area contributed by atoms with Crippen LogP contribution in [0.15, 0.2) is 0 Å². The maximum atomic E-state index is 10.7. The number of hydrogen-bond donors (Lipinski definition) is 2. The van der Waals surface area contributed by atoms with Crippen LogP contribution < -0.4 is 5.73 Å². The van der Waals surface area contributed by atoms with Gasteiger partial charge in [-0.1, -0.05) is 27.2 Å². The molecule has 0 aromatic rings. The van der Waals surface area contributed by atoms with Gasteiger partial charge in [0.1, 0.15) is 0 Å². The first-order valence-corrected chi connectivity index (χ1v) is 7.77. The molecule has 2 saturated carbocycles. The van der Waals surface area contributed by atoms with Crippen LogP contribution in [0.3, 0.4) is 0 Å². The number of aliphatic hydroxyl groups excluding tert-OH is 1. The quantitative estimate of drug-likeness (QED) is 0.810. The fourth-order valence-corrected chi connectivity index (χ4v) is 4.05. The maximum Gasteiger partial charge on any atom is 0.0636 e. The molecular weight excluding hydrogens is 222 g/mol. The summed E-state index contributed by atoms with van der Waals surface area (Å²) in [6, 6.07) is 0. The summed E-state index contributed by atoms with van der Waals surface area (Å²) in [5, 5.41) is 10.7. The van der Waals surface area contributed by atoms with Crippen molar-refractivity contribution in [1.29, 1.82) is 0 Å². The van der Waals surface area contributed by atoms with Crippen LogP contribution in [0.4, 0.5) is 0 Å². The van der Waals surface area contributed by atoms with E-state index in [0.29, 0.717) is 17.9 Å². The second kappa shape index (κ2) is 5.13. The Labute approximate surface area is 112 Å². The molecule has 2 aliphatic carbocycles. The molecule has 1 unspecified atom stereocenters. The van der Waals surface area contributed by atoms with E-state index in [0.717, 1.165) is 18.8 Å². The lowest BCUT2D eigenvalue weighted by molar-refractivity contribution is -0.0768. The Balaban J connectivity index is 1.90. The topological polar surface area (TPSA) is 46.2 Å². The van der Waals surface area contributed by atoms with E-state index in [4.69, 9.17) is 5.73 Å². The molecule has 0 bridgehead atoms. The fraction of sp³-hybridized carbons (Fsp3) is 1.00. The number of aliphatic hydroxyl groups is 1. The zero-order valence-corrected chi connectivity index (χ0v) is 12.4. The average molecular weight is 253 g/mol. The molecule has 3 N–H and O–H groups in total. The van der Waals surface area contributed by atoms with E-state index in [-0.39, 0.29) is 11.5 Å². The Hall–Kier alpha value is -0.0800. The Morgan fingerprint density at radius 3 is 2.06 bits per heavy atom. The van der Waals surface area contributed by atoms with E-state index in [1.807, 2.05) is 0 Å². The van der Waals surface area contributed by atoms with Gasteiger partial charge in [-0.15, -0.1) is 0 Å². The first kappa shape index (κ1) is 14.3. The maximum absolute atomic E-state index is 10.7. The third kappa shape index (κ3) is 2.60. The number of nitrogens with two attached hydrogens (primary N) is 1. The van der Waals surface area contributed by atoms with Gasteiger partial charge in [0.05, 0.1) is 6.10 Å². The van der Waals surface area contributed by atoms with E-state index < -0.39 is 0 Å².